The number of nitrogens with one attached hydrogen (secondary N) is 2. The van der Waals surface area contributed by atoms with Crippen molar-refractivity contribution in [3.05, 3.63) is 63.4 Å². The van der Waals surface area contributed by atoms with Crippen LogP contribution in [0.5, 0.6) is 0 Å². The van der Waals surface area contributed by atoms with Crippen LogP contribution in [-0.4, -0.2) is 34.5 Å². The Morgan fingerprint density at radius 2 is 1.85 bits per heavy atom. The van der Waals surface area contributed by atoms with Crippen molar-refractivity contribution in [1.82, 2.24) is 5.32 Å². The monoisotopic (exact) mass is 574 g/mol. The van der Waals surface area contributed by atoms with Crippen LogP contribution in [0.2, 0.25) is 10.0 Å². The van der Waals surface area contributed by atoms with Gasteiger partial charge in [-0.3, -0.25) is 9.59 Å². The van der Waals surface area contributed by atoms with Gasteiger partial charge in [0.05, 0.1) is 16.7 Å². The molecule has 39 heavy (non-hydrogen) atoms. The van der Waals surface area contributed by atoms with E-state index in [1.165, 1.54) is 12.1 Å². The van der Waals surface area contributed by atoms with Crippen LogP contribution in [0.1, 0.15) is 83.3 Å². The van der Waals surface area contributed by atoms with E-state index < -0.39 is 34.8 Å². The van der Waals surface area contributed by atoms with E-state index in [0.29, 0.717) is 42.0 Å². The zero-order valence-corrected chi connectivity index (χ0v) is 24.4. The molecule has 2 aliphatic heterocycles. The van der Waals surface area contributed by atoms with Gasteiger partial charge in [0.25, 0.3) is 0 Å². The van der Waals surface area contributed by atoms with Gasteiger partial charge in [-0.25, -0.2) is 4.39 Å². The summed E-state index contributed by atoms with van der Waals surface area (Å²) in [5.41, 5.74) is -0.367. The zero-order chi connectivity index (χ0) is 28.3. The number of rotatable bonds is 5. The lowest BCUT2D eigenvalue weighted by molar-refractivity contribution is -0.123. The number of anilines is 1. The van der Waals surface area contributed by atoms with E-state index in [1.54, 1.807) is 6.07 Å². The summed E-state index contributed by atoms with van der Waals surface area (Å²) in [5, 5.41) is 17.4. The lowest BCUT2D eigenvalue weighted by Gasteiger charge is -2.38. The normalized spacial score (nSPS) is 32.4. The Labute approximate surface area is 239 Å². The van der Waals surface area contributed by atoms with Gasteiger partial charge in [-0.2, -0.15) is 0 Å². The molecule has 2 heterocycles. The lowest BCUT2D eigenvalue weighted by atomic mass is 9.62. The number of halogens is 3. The van der Waals surface area contributed by atoms with Crippen molar-refractivity contribution in [2.45, 2.75) is 95.2 Å². The van der Waals surface area contributed by atoms with Crippen molar-refractivity contribution in [3.63, 3.8) is 0 Å². The third-order valence-corrected chi connectivity index (χ3v) is 9.45. The fourth-order valence-corrected chi connectivity index (χ4v) is 7.46. The molecule has 8 heteroatoms. The van der Waals surface area contributed by atoms with Gasteiger partial charge in [-0.15, -0.1) is 0 Å². The SMILES string of the molecule is CC(C)(C)C[C@H]1N[C@@H](C(=O)CC2CCC(C)(O)CC2)[C@H](c2cccc(Cl)c2)[C@@]12C(=O)Nc1cc(Cl)c(F)cc12. The predicted octanol–water partition coefficient (Wildman–Crippen LogP) is 6.78. The minimum Gasteiger partial charge on any atom is -0.390 e. The maximum atomic E-state index is 15.0. The minimum absolute atomic E-state index is 0.0259. The number of hydrogen-bond acceptors (Lipinski definition) is 4. The molecule has 4 atom stereocenters. The molecule has 210 valence electrons. The van der Waals surface area contributed by atoms with Gasteiger partial charge in [0, 0.05) is 29.1 Å². The summed E-state index contributed by atoms with van der Waals surface area (Å²) in [7, 11) is 0. The van der Waals surface area contributed by atoms with E-state index in [9.17, 15) is 14.7 Å². The summed E-state index contributed by atoms with van der Waals surface area (Å²) < 4.78 is 15.0. The van der Waals surface area contributed by atoms with E-state index in [4.69, 9.17) is 23.2 Å². The smallest absolute Gasteiger partial charge is 0.237 e. The van der Waals surface area contributed by atoms with Crippen LogP contribution in [0.3, 0.4) is 0 Å². The van der Waals surface area contributed by atoms with Crippen molar-refractivity contribution >= 4 is 40.6 Å². The molecule has 0 radical (unpaired) electrons. The second-order valence-corrected chi connectivity index (χ2v) is 14.1. The van der Waals surface area contributed by atoms with Crippen LogP contribution in [-0.2, 0) is 15.0 Å². The first-order valence-electron chi connectivity index (χ1n) is 13.8. The molecule has 2 aromatic carbocycles. The number of ketones is 1. The number of Topliss-reactive ketones (excluding diaryl/α,β-unsaturated/α-hetero) is 1. The van der Waals surface area contributed by atoms with Crippen LogP contribution in [0.25, 0.3) is 0 Å². The van der Waals surface area contributed by atoms with Gasteiger partial charge in [0.1, 0.15) is 11.2 Å². The van der Waals surface area contributed by atoms with Gasteiger partial charge < -0.3 is 15.7 Å². The van der Waals surface area contributed by atoms with Crippen molar-refractivity contribution in [3.8, 4) is 0 Å². The van der Waals surface area contributed by atoms with Crippen molar-refractivity contribution in [2.75, 3.05) is 5.32 Å². The number of fused-ring (bicyclic) bond motifs is 2. The standard InChI is InChI=1S/C31H37Cl2FN2O3/c1-29(2,3)16-25-31(20-14-22(34)21(33)15-23(20)35-28(31)38)26(18-6-5-7-19(32)13-18)27(36-25)24(37)12-17-8-10-30(4,39)11-9-17/h5-7,13-15,17,25-27,36,39H,8-12,16H2,1-4H3,(H,35,38)/t17?,25-,26+,27+,30?,31+/m1/s1. The van der Waals surface area contributed by atoms with Crippen LogP contribution in [0.4, 0.5) is 10.1 Å². The molecule has 1 amide bonds. The molecule has 0 bridgehead atoms. The summed E-state index contributed by atoms with van der Waals surface area (Å²) in [4.78, 5) is 28.3. The number of benzene rings is 2. The summed E-state index contributed by atoms with van der Waals surface area (Å²) in [5.74, 6) is -1.29. The Morgan fingerprint density at radius 1 is 1.15 bits per heavy atom. The number of carbonyl (C=O) groups excluding carboxylic acids is 2. The van der Waals surface area contributed by atoms with E-state index in [1.807, 2.05) is 25.1 Å². The lowest BCUT2D eigenvalue weighted by Crippen LogP contribution is -2.49. The van der Waals surface area contributed by atoms with Crippen LogP contribution >= 0.6 is 23.2 Å². The maximum absolute atomic E-state index is 15.0. The Morgan fingerprint density at radius 3 is 2.49 bits per heavy atom. The average Bonchev–Trinajstić information content (AvgIpc) is 3.30. The molecule has 1 aliphatic carbocycles. The molecule has 0 unspecified atom stereocenters. The quantitative estimate of drug-likeness (QED) is 0.367. The Hall–Kier alpha value is -1.99. The highest BCUT2D eigenvalue weighted by molar-refractivity contribution is 6.31. The summed E-state index contributed by atoms with van der Waals surface area (Å²) in [6.45, 7) is 8.13. The molecule has 5 nitrogen and oxygen atoms in total. The summed E-state index contributed by atoms with van der Waals surface area (Å²) in [6, 6.07) is 9.01. The fraction of sp³-hybridized carbons (Fsp3) is 0.548. The third kappa shape index (κ3) is 5.26. The topological polar surface area (TPSA) is 78.4 Å². The van der Waals surface area contributed by atoms with Gasteiger partial charge in [0.2, 0.25) is 5.91 Å². The maximum Gasteiger partial charge on any atom is 0.237 e. The Balaban J connectivity index is 1.64. The number of amides is 1. The van der Waals surface area contributed by atoms with Crippen molar-refractivity contribution in [1.29, 1.82) is 0 Å². The second kappa shape index (κ2) is 10.1. The van der Waals surface area contributed by atoms with Gasteiger partial charge in [-0.05, 0) is 85.8 Å². The highest BCUT2D eigenvalue weighted by Gasteiger charge is 2.65. The average molecular weight is 576 g/mol. The molecule has 1 saturated carbocycles. The summed E-state index contributed by atoms with van der Waals surface area (Å²) in [6.07, 6.45) is 3.80. The minimum atomic E-state index is -1.24. The third-order valence-electron chi connectivity index (χ3n) is 8.93. The molecule has 3 N–H and O–H groups in total. The Kier molecular flexibility index (Phi) is 7.41. The fourth-order valence-electron chi connectivity index (χ4n) is 7.10. The molecule has 1 spiro atoms. The van der Waals surface area contributed by atoms with Crippen molar-refractivity contribution < 1.29 is 19.1 Å². The highest BCUT2D eigenvalue weighted by atomic mass is 35.5. The van der Waals surface area contributed by atoms with Crippen molar-refractivity contribution in [2.24, 2.45) is 11.3 Å². The first-order valence-corrected chi connectivity index (χ1v) is 14.5. The second-order valence-electron chi connectivity index (χ2n) is 13.2. The number of aliphatic hydroxyl groups is 1. The molecule has 0 aromatic heterocycles. The van der Waals surface area contributed by atoms with Crippen LogP contribution < -0.4 is 10.6 Å². The molecule has 2 fully saturated rings. The van der Waals surface area contributed by atoms with E-state index >= 15 is 4.39 Å². The van der Waals surface area contributed by atoms with Gasteiger partial charge in [0.15, 0.2) is 5.78 Å². The van der Waals surface area contributed by atoms with Gasteiger partial charge >= 0.3 is 0 Å². The van der Waals surface area contributed by atoms with Crippen LogP contribution in [0.15, 0.2) is 36.4 Å². The zero-order valence-electron chi connectivity index (χ0n) is 22.9. The molecule has 5 rings (SSSR count). The molecule has 2 aromatic rings. The Bertz CT molecular complexity index is 1300. The number of carbonyl (C=O) groups is 2. The first-order chi connectivity index (χ1) is 18.2. The molecular formula is C31H37Cl2FN2O3. The van der Waals surface area contributed by atoms with E-state index in [2.05, 4.69) is 31.4 Å². The summed E-state index contributed by atoms with van der Waals surface area (Å²) >= 11 is 12.6. The molecule has 1 saturated heterocycles. The van der Waals surface area contributed by atoms with E-state index in [0.717, 1.165) is 18.4 Å². The molecular weight excluding hydrogens is 538 g/mol. The van der Waals surface area contributed by atoms with E-state index in [-0.39, 0.29) is 28.0 Å². The predicted molar refractivity (Wildman–Crippen MR) is 153 cm³/mol. The number of hydrogen-bond donors (Lipinski definition) is 3. The van der Waals surface area contributed by atoms with Gasteiger partial charge in [-0.1, -0.05) is 56.1 Å². The highest BCUT2D eigenvalue weighted by Crippen LogP contribution is 2.57. The van der Waals surface area contributed by atoms with Crippen LogP contribution in [0, 0.1) is 17.2 Å². The molecule has 3 aliphatic rings. The first kappa shape index (κ1) is 28.5. The largest absolute Gasteiger partial charge is 0.390 e.